The Labute approximate surface area is 198 Å². The molecule has 3 heterocycles. The van der Waals surface area contributed by atoms with Crippen molar-refractivity contribution in [2.75, 3.05) is 23.3 Å². The molecule has 2 fully saturated rings. The highest BCUT2D eigenvalue weighted by Gasteiger charge is 2.33. The predicted octanol–water partition coefficient (Wildman–Crippen LogP) is 4.36. The summed E-state index contributed by atoms with van der Waals surface area (Å²) in [7, 11) is 0. The molecule has 1 aromatic carbocycles. The Hall–Kier alpha value is -3.11. The van der Waals surface area contributed by atoms with Crippen molar-refractivity contribution in [3.8, 4) is 0 Å². The minimum Gasteiger partial charge on any atom is -0.465 e. The number of carbonyl (C=O) groups is 2. The van der Waals surface area contributed by atoms with Gasteiger partial charge in [0.15, 0.2) is 5.78 Å². The van der Waals surface area contributed by atoms with Gasteiger partial charge in [0.1, 0.15) is 0 Å². The van der Waals surface area contributed by atoms with E-state index in [0.717, 1.165) is 47.6 Å². The average molecular weight is 511 g/mol. The van der Waals surface area contributed by atoms with E-state index in [9.17, 15) is 14.7 Å². The van der Waals surface area contributed by atoms with Gasteiger partial charge >= 0.3 is 6.09 Å². The van der Waals surface area contributed by atoms with Crippen molar-refractivity contribution in [3.05, 3.63) is 46.8 Å². The molecule has 1 saturated heterocycles. The van der Waals surface area contributed by atoms with Gasteiger partial charge in [-0.15, -0.1) is 0 Å². The first-order valence-electron chi connectivity index (χ1n) is 11.0. The van der Waals surface area contributed by atoms with Crippen LogP contribution in [0.25, 0.3) is 10.9 Å². The third-order valence-corrected chi connectivity index (χ3v) is 6.50. The first-order valence-corrected chi connectivity index (χ1v) is 11.7. The summed E-state index contributed by atoms with van der Waals surface area (Å²) in [5.74, 6) is 0.258. The highest BCUT2D eigenvalue weighted by atomic mass is 79.9. The van der Waals surface area contributed by atoms with Gasteiger partial charge in [-0.25, -0.2) is 19.7 Å². The first-order chi connectivity index (χ1) is 16.0. The molecule has 1 aliphatic carbocycles. The zero-order chi connectivity index (χ0) is 22.9. The zero-order valence-electron chi connectivity index (χ0n) is 17.8. The maximum Gasteiger partial charge on any atom is 0.414 e. The molecule has 2 aromatic heterocycles. The van der Waals surface area contributed by atoms with Gasteiger partial charge in [0, 0.05) is 28.5 Å². The molecule has 1 atom stereocenters. The fourth-order valence-electron chi connectivity index (χ4n) is 4.17. The van der Waals surface area contributed by atoms with Gasteiger partial charge in [-0.05, 0) is 50.4 Å². The van der Waals surface area contributed by atoms with Gasteiger partial charge in [-0.3, -0.25) is 9.78 Å². The van der Waals surface area contributed by atoms with Gasteiger partial charge in [0.25, 0.3) is 0 Å². The summed E-state index contributed by atoms with van der Waals surface area (Å²) in [5, 5.41) is 17.1. The Morgan fingerprint density at radius 1 is 1.12 bits per heavy atom. The first kappa shape index (κ1) is 21.7. The Bertz CT molecular complexity index is 1210. The van der Waals surface area contributed by atoms with E-state index in [4.69, 9.17) is 0 Å². The molecule has 0 bridgehead atoms. The highest BCUT2D eigenvalue weighted by molar-refractivity contribution is 9.10. The highest BCUT2D eigenvalue weighted by Crippen LogP contribution is 2.38. The van der Waals surface area contributed by atoms with E-state index in [1.165, 1.54) is 4.90 Å². The van der Waals surface area contributed by atoms with E-state index in [0.29, 0.717) is 23.5 Å². The summed E-state index contributed by atoms with van der Waals surface area (Å²) in [6, 6.07) is 5.50. The minimum absolute atomic E-state index is 0.0452. The standard InChI is InChI=1S/C23H23BrN6O3/c24-14-5-6-19-17(8-14)20(18(12-26-19)21(31)13-3-4-13)29-15-9-27-22(28-10-15)30(23(32)33)16-2-1-7-25-11-16/h5-6,8-10,12-13,16,25H,1-4,7,11H2,(H,26,29)(H,32,33). The molecule has 3 aromatic rings. The topological polar surface area (TPSA) is 120 Å². The number of benzene rings is 1. The number of halogens is 1. The molecule has 1 aliphatic heterocycles. The van der Waals surface area contributed by atoms with E-state index in [-0.39, 0.29) is 23.7 Å². The normalized spacial score (nSPS) is 18.2. The third-order valence-electron chi connectivity index (χ3n) is 6.01. The lowest BCUT2D eigenvalue weighted by atomic mass is 10.0. The van der Waals surface area contributed by atoms with Gasteiger partial charge < -0.3 is 15.7 Å². The number of Topliss-reactive ketones (excluding diaryl/α,β-unsaturated/α-hetero) is 1. The minimum atomic E-state index is -1.08. The lowest BCUT2D eigenvalue weighted by Crippen LogP contribution is -2.49. The average Bonchev–Trinajstić information content (AvgIpc) is 3.66. The van der Waals surface area contributed by atoms with Crippen LogP contribution < -0.4 is 15.5 Å². The molecule has 0 spiro atoms. The number of hydrogen-bond acceptors (Lipinski definition) is 7. The van der Waals surface area contributed by atoms with Gasteiger partial charge in [-0.2, -0.15) is 0 Å². The molecule has 1 amide bonds. The number of fused-ring (bicyclic) bond motifs is 1. The molecule has 1 unspecified atom stereocenters. The largest absolute Gasteiger partial charge is 0.465 e. The number of aromatic nitrogens is 3. The number of rotatable bonds is 6. The molecule has 9 nitrogen and oxygen atoms in total. The number of nitrogens with one attached hydrogen (secondary N) is 2. The summed E-state index contributed by atoms with van der Waals surface area (Å²) < 4.78 is 0.876. The van der Waals surface area contributed by atoms with Crippen molar-refractivity contribution in [3.63, 3.8) is 0 Å². The maximum absolute atomic E-state index is 12.9. The number of carbonyl (C=O) groups excluding carboxylic acids is 1. The van der Waals surface area contributed by atoms with Crippen LogP contribution in [-0.4, -0.2) is 51.1 Å². The third kappa shape index (κ3) is 4.53. The summed E-state index contributed by atoms with van der Waals surface area (Å²) >= 11 is 3.50. The van der Waals surface area contributed by atoms with Crippen LogP contribution in [0.5, 0.6) is 0 Å². The Kier molecular flexibility index (Phi) is 5.94. The number of hydrogen-bond donors (Lipinski definition) is 3. The van der Waals surface area contributed by atoms with Crippen LogP contribution in [0.15, 0.2) is 41.3 Å². The molecular weight excluding hydrogens is 488 g/mol. The molecule has 10 heteroatoms. The van der Waals surface area contributed by atoms with Crippen molar-refractivity contribution in [2.24, 2.45) is 5.92 Å². The number of anilines is 3. The van der Waals surface area contributed by atoms with Gasteiger partial charge in [0.05, 0.1) is 40.9 Å². The lowest BCUT2D eigenvalue weighted by molar-refractivity contribution is 0.0968. The van der Waals surface area contributed by atoms with Crippen molar-refractivity contribution in [1.82, 2.24) is 20.3 Å². The molecule has 33 heavy (non-hydrogen) atoms. The van der Waals surface area contributed by atoms with E-state index >= 15 is 0 Å². The number of ketones is 1. The van der Waals surface area contributed by atoms with Crippen LogP contribution in [0.3, 0.4) is 0 Å². The van der Waals surface area contributed by atoms with Crippen LogP contribution in [0, 0.1) is 5.92 Å². The number of carboxylic acid groups (broad SMARTS) is 1. The Morgan fingerprint density at radius 3 is 2.58 bits per heavy atom. The van der Waals surface area contributed by atoms with Crippen LogP contribution in [0.4, 0.5) is 22.1 Å². The summed E-state index contributed by atoms with van der Waals surface area (Å²) in [4.78, 5) is 39.2. The quantitative estimate of drug-likeness (QED) is 0.418. The van der Waals surface area contributed by atoms with E-state index in [2.05, 4.69) is 41.5 Å². The number of nitrogens with zero attached hydrogens (tertiary/aromatic N) is 4. The zero-order valence-corrected chi connectivity index (χ0v) is 19.4. The molecule has 2 aliphatic rings. The SMILES string of the molecule is O=C(c1cnc2ccc(Br)cc2c1Nc1cnc(N(C(=O)O)C2CCCNC2)nc1)C1CC1. The van der Waals surface area contributed by atoms with E-state index < -0.39 is 6.09 Å². The second-order valence-electron chi connectivity index (χ2n) is 8.40. The molecular formula is C23H23BrN6O3. The lowest BCUT2D eigenvalue weighted by Gasteiger charge is -2.30. The Balaban J connectivity index is 1.48. The van der Waals surface area contributed by atoms with Crippen LogP contribution in [0.2, 0.25) is 0 Å². The van der Waals surface area contributed by atoms with Gasteiger partial charge in [-0.1, -0.05) is 15.9 Å². The monoisotopic (exact) mass is 510 g/mol. The fraction of sp³-hybridized carbons (Fsp3) is 0.348. The van der Waals surface area contributed by atoms with E-state index in [1.807, 2.05) is 18.2 Å². The molecule has 3 N–H and O–H groups in total. The molecule has 170 valence electrons. The molecule has 0 radical (unpaired) electrons. The predicted molar refractivity (Wildman–Crippen MR) is 128 cm³/mol. The maximum atomic E-state index is 12.9. The van der Waals surface area contributed by atoms with Crippen molar-refractivity contribution in [1.29, 1.82) is 0 Å². The number of piperidine rings is 1. The smallest absolute Gasteiger partial charge is 0.414 e. The molecule has 5 rings (SSSR count). The summed E-state index contributed by atoms with van der Waals surface area (Å²) in [6.07, 6.45) is 7.09. The summed E-state index contributed by atoms with van der Waals surface area (Å²) in [5.41, 5.74) is 2.50. The van der Waals surface area contributed by atoms with E-state index in [1.54, 1.807) is 18.6 Å². The number of amides is 1. The van der Waals surface area contributed by atoms with Crippen LogP contribution in [0.1, 0.15) is 36.0 Å². The number of pyridine rings is 1. The van der Waals surface area contributed by atoms with Crippen LogP contribution >= 0.6 is 15.9 Å². The second-order valence-corrected chi connectivity index (χ2v) is 9.31. The Morgan fingerprint density at radius 2 is 1.91 bits per heavy atom. The second kappa shape index (κ2) is 9.03. The van der Waals surface area contributed by atoms with Crippen molar-refractivity contribution >= 4 is 56.0 Å². The fourth-order valence-corrected chi connectivity index (χ4v) is 4.53. The van der Waals surface area contributed by atoms with Crippen molar-refractivity contribution in [2.45, 2.75) is 31.7 Å². The molecule has 1 saturated carbocycles. The van der Waals surface area contributed by atoms with Gasteiger partial charge in [0.2, 0.25) is 5.95 Å². The van der Waals surface area contributed by atoms with Crippen LogP contribution in [-0.2, 0) is 0 Å². The van der Waals surface area contributed by atoms with Crippen molar-refractivity contribution < 1.29 is 14.7 Å². The summed E-state index contributed by atoms with van der Waals surface area (Å²) in [6.45, 7) is 1.45.